The van der Waals surface area contributed by atoms with Gasteiger partial charge in [-0.05, 0) is 69.1 Å². The average Bonchev–Trinajstić information content (AvgIpc) is 3.19. The molecule has 0 spiro atoms. The van der Waals surface area contributed by atoms with Gasteiger partial charge in [-0.25, -0.2) is 4.39 Å². The minimum Gasteiger partial charge on any atom is -0.341 e. The number of halogens is 1. The van der Waals surface area contributed by atoms with E-state index in [-0.39, 0.29) is 29.6 Å². The van der Waals surface area contributed by atoms with Crippen LogP contribution in [0.4, 0.5) is 4.39 Å². The van der Waals surface area contributed by atoms with Gasteiger partial charge in [0.2, 0.25) is 5.91 Å². The molecule has 6 nitrogen and oxygen atoms in total. The van der Waals surface area contributed by atoms with Crippen LogP contribution in [0.2, 0.25) is 0 Å². The maximum atomic E-state index is 13.5. The highest BCUT2D eigenvalue weighted by Crippen LogP contribution is 2.28. The lowest BCUT2D eigenvalue weighted by Gasteiger charge is -2.40. The predicted molar refractivity (Wildman–Crippen MR) is 137 cm³/mol. The summed E-state index contributed by atoms with van der Waals surface area (Å²) < 4.78 is 15.4. The second kappa shape index (κ2) is 10.6. The molecular formula is C28H35FN4O2. The summed E-state index contributed by atoms with van der Waals surface area (Å²) in [7, 11) is 7.58. The molecule has 0 N–H and O–H groups in total. The van der Waals surface area contributed by atoms with Crippen LogP contribution in [0.25, 0.3) is 10.9 Å². The molecular weight excluding hydrogens is 443 g/mol. The van der Waals surface area contributed by atoms with Gasteiger partial charge in [0.05, 0.1) is 6.54 Å². The first-order valence-electron chi connectivity index (χ1n) is 12.2. The van der Waals surface area contributed by atoms with E-state index in [9.17, 15) is 14.0 Å². The van der Waals surface area contributed by atoms with E-state index in [0.29, 0.717) is 31.7 Å². The standard InChI is InChI=1S/C28H35FN4O2/c1-30(2)19-27(34)32(4)25(17-20-9-11-23(29)12-10-20)21-13-15-33(16-14-21)28(35)26-18-22-7-5-6-8-24(22)31(26)3/h5-12,18,21,25H,13-17,19H2,1-4H3. The third-order valence-corrected chi connectivity index (χ3v) is 7.24. The van der Waals surface area contributed by atoms with Crippen molar-refractivity contribution in [3.63, 3.8) is 0 Å². The van der Waals surface area contributed by atoms with Crippen molar-refractivity contribution in [2.45, 2.75) is 25.3 Å². The zero-order chi connectivity index (χ0) is 25.1. The summed E-state index contributed by atoms with van der Waals surface area (Å²) in [4.78, 5) is 31.9. The lowest BCUT2D eigenvalue weighted by molar-refractivity contribution is -0.134. The minimum absolute atomic E-state index is 0.0113. The van der Waals surface area contributed by atoms with Crippen molar-refractivity contribution in [1.29, 1.82) is 0 Å². The van der Waals surface area contributed by atoms with Crippen molar-refractivity contribution in [2.24, 2.45) is 13.0 Å². The molecule has 0 radical (unpaired) electrons. The van der Waals surface area contributed by atoms with Crippen LogP contribution in [0.1, 0.15) is 28.9 Å². The Bertz CT molecular complexity index is 1180. The molecule has 1 fully saturated rings. The van der Waals surface area contributed by atoms with Gasteiger partial charge in [-0.2, -0.15) is 0 Å². The number of nitrogens with zero attached hydrogens (tertiary/aromatic N) is 4. The average molecular weight is 479 g/mol. The summed E-state index contributed by atoms with van der Waals surface area (Å²) in [6.45, 7) is 1.65. The third-order valence-electron chi connectivity index (χ3n) is 7.24. The van der Waals surface area contributed by atoms with Gasteiger partial charge in [0, 0.05) is 44.1 Å². The van der Waals surface area contributed by atoms with Crippen molar-refractivity contribution >= 4 is 22.7 Å². The number of likely N-dealkylation sites (tertiary alicyclic amines) is 1. The fourth-order valence-electron chi connectivity index (χ4n) is 5.19. The Labute approximate surface area is 206 Å². The first-order valence-corrected chi connectivity index (χ1v) is 12.2. The summed E-state index contributed by atoms with van der Waals surface area (Å²) >= 11 is 0. The monoisotopic (exact) mass is 478 g/mol. The molecule has 35 heavy (non-hydrogen) atoms. The number of aromatic nitrogens is 1. The van der Waals surface area contributed by atoms with Gasteiger partial charge in [0.1, 0.15) is 11.5 Å². The van der Waals surface area contributed by atoms with Crippen molar-refractivity contribution in [3.05, 3.63) is 71.7 Å². The Balaban J connectivity index is 1.48. The highest BCUT2D eigenvalue weighted by Gasteiger charge is 2.33. The number of carbonyl (C=O) groups excluding carboxylic acids is 2. The molecule has 0 aliphatic carbocycles. The molecule has 0 bridgehead atoms. The van der Waals surface area contributed by atoms with E-state index < -0.39 is 0 Å². The molecule has 0 saturated carbocycles. The fourth-order valence-corrected chi connectivity index (χ4v) is 5.19. The number of carbonyl (C=O) groups is 2. The van der Waals surface area contributed by atoms with Crippen LogP contribution in [0, 0.1) is 11.7 Å². The molecule has 1 atom stereocenters. The molecule has 2 aromatic carbocycles. The SMILES string of the molecule is CN(C)CC(=O)N(C)C(Cc1ccc(F)cc1)C1CCN(C(=O)c2cc3ccccc3n2C)CC1. The summed E-state index contributed by atoms with van der Waals surface area (Å²) in [5.74, 6) is 0.112. The van der Waals surface area contributed by atoms with Crippen LogP contribution in [0.3, 0.4) is 0 Å². The predicted octanol–water partition coefficient (Wildman–Crippen LogP) is 3.80. The van der Waals surface area contributed by atoms with Crippen LogP contribution < -0.4 is 0 Å². The van der Waals surface area contributed by atoms with Gasteiger partial charge < -0.3 is 19.3 Å². The number of benzene rings is 2. The molecule has 1 aromatic heterocycles. The van der Waals surface area contributed by atoms with Crippen LogP contribution in [0.15, 0.2) is 54.6 Å². The number of rotatable bonds is 7. The first kappa shape index (κ1) is 24.9. The minimum atomic E-state index is -0.262. The first-order chi connectivity index (χ1) is 16.7. The van der Waals surface area contributed by atoms with E-state index in [1.807, 2.05) is 77.8 Å². The summed E-state index contributed by atoms with van der Waals surface area (Å²) in [5, 5.41) is 1.06. The van der Waals surface area contributed by atoms with E-state index in [1.165, 1.54) is 12.1 Å². The molecule has 3 aromatic rings. The number of hydrogen-bond donors (Lipinski definition) is 0. The van der Waals surface area contributed by atoms with Gasteiger partial charge in [-0.3, -0.25) is 9.59 Å². The highest BCUT2D eigenvalue weighted by molar-refractivity contribution is 5.98. The van der Waals surface area contributed by atoms with Crippen LogP contribution in [-0.4, -0.2) is 77.9 Å². The highest BCUT2D eigenvalue weighted by atomic mass is 19.1. The number of fused-ring (bicyclic) bond motifs is 1. The fraction of sp³-hybridized carbons (Fsp3) is 0.429. The van der Waals surface area contributed by atoms with Gasteiger partial charge in [-0.15, -0.1) is 0 Å². The molecule has 1 unspecified atom stereocenters. The number of piperidine rings is 1. The van der Waals surface area contributed by atoms with Crippen molar-refractivity contribution in [3.8, 4) is 0 Å². The number of amides is 2. The number of para-hydroxylation sites is 1. The Hall–Kier alpha value is -3.19. The second-order valence-corrected chi connectivity index (χ2v) is 9.92. The molecule has 1 aliphatic rings. The number of likely N-dealkylation sites (N-methyl/N-ethyl adjacent to an activating group) is 2. The molecule has 186 valence electrons. The molecule has 2 heterocycles. The Kier molecular flexibility index (Phi) is 7.55. The summed E-state index contributed by atoms with van der Waals surface area (Å²) in [6, 6.07) is 16.5. The van der Waals surface area contributed by atoms with E-state index >= 15 is 0 Å². The maximum Gasteiger partial charge on any atom is 0.270 e. The van der Waals surface area contributed by atoms with E-state index in [2.05, 4.69) is 0 Å². The van der Waals surface area contributed by atoms with Gasteiger partial charge in [-0.1, -0.05) is 30.3 Å². The second-order valence-electron chi connectivity index (χ2n) is 9.92. The summed E-state index contributed by atoms with van der Waals surface area (Å²) in [5.41, 5.74) is 2.76. The third kappa shape index (κ3) is 5.56. The van der Waals surface area contributed by atoms with Crippen molar-refractivity contribution in [1.82, 2.24) is 19.3 Å². The zero-order valence-electron chi connectivity index (χ0n) is 21.1. The van der Waals surface area contributed by atoms with Gasteiger partial charge in [0.25, 0.3) is 5.91 Å². The Morgan fingerprint density at radius 2 is 1.69 bits per heavy atom. The Morgan fingerprint density at radius 1 is 1.03 bits per heavy atom. The van der Waals surface area contributed by atoms with E-state index in [1.54, 1.807) is 12.1 Å². The Morgan fingerprint density at radius 3 is 2.31 bits per heavy atom. The maximum absolute atomic E-state index is 13.5. The van der Waals surface area contributed by atoms with Gasteiger partial charge in [0.15, 0.2) is 0 Å². The largest absolute Gasteiger partial charge is 0.341 e. The van der Waals surface area contributed by atoms with Crippen LogP contribution in [-0.2, 0) is 18.3 Å². The molecule has 7 heteroatoms. The normalized spacial score (nSPS) is 15.5. The van der Waals surface area contributed by atoms with Crippen LogP contribution >= 0.6 is 0 Å². The number of aryl methyl sites for hydroxylation is 1. The van der Waals surface area contributed by atoms with Crippen molar-refractivity contribution < 1.29 is 14.0 Å². The lowest BCUT2D eigenvalue weighted by Crippen LogP contribution is -2.50. The van der Waals surface area contributed by atoms with E-state index in [0.717, 1.165) is 29.3 Å². The topological polar surface area (TPSA) is 48.8 Å². The van der Waals surface area contributed by atoms with Crippen molar-refractivity contribution in [2.75, 3.05) is 40.8 Å². The quantitative estimate of drug-likeness (QED) is 0.519. The zero-order valence-corrected chi connectivity index (χ0v) is 21.1. The molecule has 4 rings (SSSR count). The molecule has 1 saturated heterocycles. The smallest absolute Gasteiger partial charge is 0.270 e. The van der Waals surface area contributed by atoms with E-state index in [4.69, 9.17) is 0 Å². The summed E-state index contributed by atoms with van der Waals surface area (Å²) in [6.07, 6.45) is 2.31. The molecule has 1 aliphatic heterocycles. The number of hydrogen-bond acceptors (Lipinski definition) is 3. The lowest BCUT2D eigenvalue weighted by atomic mass is 9.84. The van der Waals surface area contributed by atoms with Crippen LogP contribution in [0.5, 0.6) is 0 Å². The van der Waals surface area contributed by atoms with Gasteiger partial charge >= 0.3 is 0 Å². The molecule has 2 amide bonds.